The number of halogens is 3. The van der Waals surface area contributed by atoms with Crippen molar-refractivity contribution in [3.8, 4) is 11.1 Å². The van der Waals surface area contributed by atoms with Crippen molar-refractivity contribution in [2.75, 3.05) is 5.32 Å². The van der Waals surface area contributed by atoms with Gasteiger partial charge in [-0.3, -0.25) is 4.79 Å². The number of nitrogens with one attached hydrogen (secondary N) is 1. The average Bonchev–Trinajstić information content (AvgIpc) is 2.62. The molecule has 3 aromatic rings. The number of hydrogen-bond acceptors (Lipinski definition) is 1. The first kappa shape index (κ1) is 16.8. The van der Waals surface area contributed by atoms with Crippen molar-refractivity contribution < 1.29 is 18.0 Å². The van der Waals surface area contributed by atoms with Gasteiger partial charge in [0.05, 0.1) is 5.56 Å². The molecule has 0 bridgehead atoms. The normalized spacial score (nSPS) is 11.2. The zero-order chi connectivity index (χ0) is 17.9. The molecular weight excluding hydrogens is 327 g/mol. The van der Waals surface area contributed by atoms with Gasteiger partial charge in [0.2, 0.25) is 0 Å². The van der Waals surface area contributed by atoms with Crippen molar-refractivity contribution in [2.45, 2.75) is 6.18 Å². The first-order chi connectivity index (χ1) is 11.9. The summed E-state index contributed by atoms with van der Waals surface area (Å²) in [5.41, 5.74) is 0.698. The molecule has 0 spiro atoms. The highest BCUT2D eigenvalue weighted by Gasteiger charge is 2.31. The van der Waals surface area contributed by atoms with Crippen molar-refractivity contribution in [1.29, 1.82) is 0 Å². The van der Waals surface area contributed by atoms with E-state index in [4.69, 9.17) is 0 Å². The lowest BCUT2D eigenvalue weighted by Gasteiger charge is -2.13. The second-order valence-electron chi connectivity index (χ2n) is 5.48. The second kappa shape index (κ2) is 6.81. The van der Waals surface area contributed by atoms with E-state index in [2.05, 4.69) is 5.32 Å². The van der Waals surface area contributed by atoms with Gasteiger partial charge in [-0.1, -0.05) is 48.5 Å². The smallest absolute Gasteiger partial charge is 0.322 e. The van der Waals surface area contributed by atoms with Crippen LogP contribution < -0.4 is 5.32 Å². The molecule has 0 heterocycles. The first-order valence-electron chi connectivity index (χ1n) is 7.57. The minimum atomic E-state index is -4.50. The van der Waals surface area contributed by atoms with Crippen LogP contribution in [0.5, 0.6) is 0 Å². The minimum absolute atomic E-state index is 0.0996. The number of carbonyl (C=O) groups excluding carboxylic acids is 1. The van der Waals surface area contributed by atoms with Crippen LogP contribution in [0.25, 0.3) is 11.1 Å². The average molecular weight is 341 g/mol. The fraction of sp³-hybridized carbons (Fsp3) is 0.0500. The third-order valence-corrected chi connectivity index (χ3v) is 3.66. The molecule has 1 N–H and O–H groups in total. The van der Waals surface area contributed by atoms with Gasteiger partial charge >= 0.3 is 6.18 Å². The van der Waals surface area contributed by atoms with Gasteiger partial charge < -0.3 is 5.32 Å². The molecule has 0 fully saturated rings. The van der Waals surface area contributed by atoms with Crippen LogP contribution in [0.2, 0.25) is 0 Å². The zero-order valence-corrected chi connectivity index (χ0v) is 13.0. The fourth-order valence-electron chi connectivity index (χ4n) is 2.45. The van der Waals surface area contributed by atoms with Gasteiger partial charge in [0.15, 0.2) is 0 Å². The van der Waals surface area contributed by atoms with Crippen molar-refractivity contribution >= 4 is 11.6 Å². The van der Waals surface area contributed by atoms with Crippen molar-refractivity contribution in [1.82, 2.24) is 0 Å². The molecular formula is C20H14F3NO. The summed E-state index contributed by atoms with van der Waals surface area (Å²) >= 11 is 0. The predicted molar refractivity (Wildman–Crippen MR) is 91.3 cm³/mol. The Morgan fingerprint density at radius 1 is 0.760 bits per heavy atom. The van der Waals surface area contributed by atoms with Crippen LogP contribution in [0.3, 0.4) is 0 Å². The van der Waals surface area contributed by atoms with Crippen LogP contribution in [0.15, 0.2) is 78.9 Å². The summed E-state index contributed by atoms with van der Waals surface area (Å²) in [6.45, 7) is 0. The Morgan fingerprint density at radius 3 is 1.96 bits per heavy atom. The quantitative estimate of drug-likeness (QED) is 0.658. The van der Waals surface area contributed by atoms with E-state index in [1.54, 1.807) is 60.7 Å². The molecule has 2 nitrogen and oxygen atoms in total. The number of anilines is 1. The first-order valence-corrected chi connectivity index (χ1v) is 7.57. The van der Waals surface area contributed by atoms with Crippen molar-refractivity contribution in [3.63, 3.8) is 0 Å². The summed E-state index contributed by atoms with van der Waals surface area (Å²) in [5.74, 6) is -0.459. The Hall–Kier alpha value is -3.08. The molecule has 3 aromatic carbocycles. The molecule has 3 rings (SSSR count). The van der Waals surface area contributed by atoms with E-state index >= 15 is 0 Å². The number of hydrogen-bond donors (Lipinski definition) is 1. The van der Waals surface area contributed by atoms with Gasteiger partial charge in [0, 0.05) is 11.3 Å². The summed E-state index contributed by atoms with van der Waals surface area (Å²) in [5, 5.41) is 2.54. The van der Waals surface area contributed by atoms with Crippen LogP contribution in [-0.2, 0) is 6.18 Å². The monoisotopic (exact) mass is 341 g/mol. The lowest BCUT2D eigenvalue weighted by Crippen LogP contribution is -2.13. The van der Waals surface area contributed by atoms with E-state index in [1.165, 1.54) is 6.07 Å². The molecule has 0 aliphatic rings. The van der Waals surface area contributed by atoms with Crippen LogP contribution in [0.1, 0.15) is 15.9 Å². The topological polar surface area (TPSA) is 29.1 Å². The Balaban J connectivity index is 2.00. The molecule has 0 atom stereocenters. The highest BCUT2D eigenvalue weighted by molar-refractivity contribution is 6.04. The Kier molecular flexibility index (Phi) is 4.57. The second-order valence-corrected chi connectivity index (χ2v) is 5.48. The Bertz CT molecular complexity index is 874. The van der Waals surface area contributed by atoms with E-state index in [1.807, 2.05) is 0 Å². The summed E-state index contributed by atoms with van der Waals surface area (Å²) in [6, 6.07) is 20.6. The molecule has 0 aliphatic carbocycles. The van der Waals surface area contributed by atoms with Gasteiger partial charge in [0.25, 0.3) is 5.91 Å². The SMILES string of the molecule is O=C(Nc1cc(-c2ccccc2)cc(C(F)(F)F)c1)c1ccccc1. The molecule has 126 valence electrons. The summed E-state index contributed by atoms with van der Waals surface area (Å²) < 4.78 is 39.6. The third-order valence-electron chi connectivity index (χ3n) is 3.66. The van der Waals surface area contributed by atoms with E-state index in [-0.39, 0.29) is 5.69 Å². The molecule has 1 amide bonds. The lowest BCUT2D eigenvalue weighted by molar-refractivity contribution is -0.137. The zero-order valence-electron chi connectivity index (χ0n) is 13.0. The standard InChI is InChI=1S/C20H14F3NO/c21-20(22,23)17-11-16(14-7-3-1-4-8-14)12-18(13-17)24-19(25)15-9-5-2-6-10-15/h1-13H,(H,24,25). The van der Waals surface area contributed by atoms with Crippen LogP contribution in [-0.4, -0.2) is 5.91 Å². The van der Waals surface area contributed by atoms with Gasteiger partial charge in [-0.25, -0.2) is 0 Å². The molecule has 0 saturated carbocycles. The maximum absolute atomic E-state index is 13.2. The van der Waals surface area contributed by atoms with E-state index in [0.29, 0.717) is 16.7 Å². The predicted octanol–water partition coefficient (Wildman–Crippen LogP) is 5.62. The maximum atomic E-state index is 13.2. The van der Waals surface area contributed by atoms with E-state index in [0.717, 1.165) is 12.1 Å². The molecule has 0 aromatic heterocycles. The molecule has 5 heteroatoms. The van der Waals surface area contributed by atoms with Crippen LogP contribution >= 0.6 is 0 Å². The van der Waals surface area contributed by atoms with Gasteiger partial charge in [-0.15, -0.1) is 0 Å². The summed E-state index contributed by atoms with van der Waals surface area (Å²) in [7, 11) is 0. The lowest BCUT2D eigenvalue weighted by atomic mass is 10.0. The van der Waals surface area contributed by atoms with Gasteiger partial charge in [-0.05, 0) is 41.5 Å². The number of rotatable bonds is 3. The summed E-state index contributed by atoms with van der Waals surface area (Å²) in [6.07, 6.45) is -4.50. The summed E-state index contributed by atoms with van der Waals surface area (Å²) in [4.78, 5) is 12.2. The van der Waals surface area contributed by atoms with Crippen LogP contribution in [0, 0.1) is 0 Å². The van der Waals surface area contributed by atoms with Gasteiger partial charge in [0.1, 0.15) is 0 Å². The molecule has 0 radical (unpaired) electrons. The van der Waals surface area contributed by atoms with Gasteiger partial charge in [-0.2, -0.15) is 13.2 Å². The van der Waals surface area contributed by atoms with Crippen molar-refractivity contribution in [3.05, 3.63) is 90.0 Å². The fourth-order valence-corrected chi connectivity index (χ4v) is 2.45. The molecule has 0 unspecified atom stereocenters. The molecule has 25 heavy (non-hydrogen) atoms. The highest BCUT2D eigenvalue weighted by atomic mass is 19.4. The number of alkyl halides is 3. The number of amides is 1. The minimum Gasteiger partial charge on any atom is -0.322 e. The molecule has 0 saturated heterocycles. The Labute approximate surface area is 142 Å². The van der Waals surface area contributed by atoms with E-state index < -0.39 is 17.6 Å². The largest absolute Gasteiger partial charge is 0.416 e. The van der Waals surface area contributed by atoms with Crippen molar-refractivity contribution in [2.24, 2.45) is 0 Å². The number of carbonyl (C=O) groups is 1. The molecule has 0 aliphatic heterocycles. The van der Waals surface area contributed by atoms with Crippen LogP contribution in [0.4, 0.5) is 18.9 Å². The maximum Gasteiger partial charge on any atom is 0.416 e. The Morgan fingerprint density at radius 2 is 1.36 bits per heavy atom. The number of benzene rings is 3. The third kappa shape index (κ3) is 4.07. The highest BCUT2D eigenvalue weighted by Crippen LogP contribution is 2.35. The van der Waals surface area contributed by atoms with E-state index in [9.17, 15) is 18.0 Å².